The SMILES string of the molecule is CC(C)(C)N(Cc1ccccc1)C(=O)C1CCCOC1. The number of hydrogen-bond donors (Lipinski definition) is 0. The average molecular weight is 275 g/mol. The molecule has 2 rings (SSSR count). The second-order valence-corrected chi connectivity index (χ2v) is 6.49. The van der Waals surface area contributed by atoms with Crippen LogP contribution in [-0.4, -0.2) is 29.6 Å². The fourth-order valence-electron chi connectivity index (χ4n) is 2.57. The first-order chi connectivity index (χ1) is 9.48. The molecule has 0 N–H and O–H groups in total. The van der Waals surface area contributed by atoms with E-state index < -0.39 is 0 Å². The van der Waals surface area contributed by atoms with Crippen molar-refractivity contribution in [3.63, 3.8) is 0 Å². The van der Waals surface area contributed by atoms with Gasteiger partial charge in [0.1, 0.15) is 0 Å². The lowest BCUT2D eigenvalue weighted by Crippen LogP contribution is -2.49. The van der Waals surface area contributed by atoms with Crippen LogP contribution < -0.4 is 0 Å². The Hall–Kier alpha value is -1.35. The van der Waals surface area contributed by atoms with Crippen LogP contribution >= 0.6 is 0 Å². The maximum absolute atomic E-state index is 12.8. The van der Waals surface area contributed by atoms with E-state index in [2.05, 4.69) is 32.9 Å². The molecule has 3 heteroatoms. The van der Waals surface area contributed by atoms with Gasteiger partial charge in [-0.2, -0.15) is 0 Å². The third-order valence-electron chi connectivity index (χ3n) is 3.77. The molecule has 1 atom stereocenters. The zero-order chi connectivity index (χ0) is 14.6. The van der Waals surface area contributed by atoms with Crippen LogP contribution in [0.25, 0.3) is 0 Å². The van der Waals surface area contributed by atoms with E-state index in [-0.39, 0.29) is 17.4 Å². The lowest BCUT2D eigenvalue weighted by atomic mass is 9.96. The van der Waals surface area contributed by atoms with Crippen molar-refractivity contribution in [2.75, 3.05) is 13.2 Å². The predicted molar refractivity (Wildman–Crippen MR) is 80.3 cm³/mol. The average Bonchev–Trinajstić information content (AvgIpc) is 2.45. The van der Waals surface area contributed by atoms with Crippen molar-refractivity contribution >= 4 is 5.91 Å². The maximum atomic E-state index is 12.8. The van der Waals surface area contributed by atoms with E-state index in [1.807, 2.05) is 23.1 Å². The number of rotatable bonds is 3. The highest BCUT2D eigenvalue weighted by molar-refractivity contribution is 5.79. The minimum absolute atomic E-state index is 0.0201. The second kappa shape index (κ2) is 6.40. The van der Waals surface area contributed by atoms with E-state index in [0.717, 1.165) is 19.4 Å². The van der Waals surface area contributed by atoms with Crippen LogP contribution in [0.2, 0.25) is 0 Å². The Bertz CT molecular complexity index is 430. The van der Waals surface area contributed by atoms with Gasteiger partial charge in [-0.15, -0.1) is 0 Å². The standard InChI is InChI=1S/C17H25NO2/c1-17(2,3)18(12-14-8-5-4-6-9-14)16(19)15-10-7-11-20-13-15/h4-6,8-9,15H,7,10-13H2,1-3H3. The lowest BCUT2D eigenvalue weighted by molar-refractivity contribution is -0.145. The predicted octanol–water partition coefficient (Wildman–Crippen LogP) is 3.24. The minimum Gasteiger partial charge on any atom is -0.381 e. The number of carbonyl (C=O) groups is 1. The quantitative estimate of drug-likeness (QED) is 0.847. The van der Waals surface area contributed by atoms with E-state index in [1.54, 1.807) is 0 Å². The summed E-state index contributed by atoms with van der Waals surface area (Å²) in [5.74, 6) is 0.243. The Morgan fingerprint density at radius 2 is 2.00 bits per heavy atom. The summed E-state index contributed by atoms with van der Waals surface area (Å²) < 4.78 is 5.47. The van der Waals surface area contributed by atoms with E-state index in [4.69, 9.17) is 4.74 Å². The molecule has 0 aromatic heterocycles. The molecule has 1 fully saturated rings. The zero-order valence-corrected chi connectivity index (χ0v) is 12.8. The molecule has 1 saturated heterocycles. The zero-order valence-electron chi connectivity index (χ0n) is 12.8. The molecule has 1 aromatic rings. The van der Waals surface area contributed by atoms with Crippen molar-refractivity contribution in [2.24, 2.45) is 5.92 Å². The van der Waals surface area contributed by atoms with E-state index >= 15 is 0 Å². The summed E-state index contributed by atoms with van der Waals surface area (Å²) in [6.07, 6.45) is 1.93. The molecule has 3 nitrogen and oxygen atoms in total. The van der Waals surface area contributed by atoms with Crippen molar-refractivity contribution in [2.45, 2.75) is 45.7 Å². The van der Waals surface area contributed by atoms with Crippen LogP contribution in [0.5, 0.6) is 0 Å². The minimum atomic E-state index is -0.176. The van der Waals surface area contributed by atoms with E-state index in [0.29, 0.717) is 13.2 Å². The summed E-state index contributed by atoms with van der Waals surface area (Å²) >= 11 is 0. The molecule has 1 aromatic carbocycles. The first-order valence-corrected chi connectivity index (χ1v) is 7.41. The number of hydrogen-bond acceptors (Lipinski definition) is 2. The molecule has 1 amide bonds. The molecule has 0 saturated carbocycles. The molecule has 1 heterocycles. The van der Waals surface area contributed by atoms with Crippen molar-refractivity contribution in [3.8, 4) is 0 Å². The van der Waals surface area contributed by atoms with Gasteiger partial charge in [0.2, 0.25) is 5.91 Å². The molecule has 1 unspecified atom stereocenters. The van der Waals surface area contributed by atoms with Gasteiger partial charge in [0.05, 0.1) is 12.5 Å². The molecule has 0 aliphatic carbocycles. The number of ether oxygens (including phenoxy) is 1. The fraction of sp³-hybridized carbons (Fsp3) is 0.588. The van der Waals surface area contributed by atoms with Crippen LogP contribution in [0, 0.1) is 5.92 Å². The van der Waals surface area contributed by atoms with Crippen molar-refractivity contribution in [1.82, 2.24) is 4.90 Å². The van der Waals surface area contributed by atoms with Gasteiger partial charge in [0.15, 0.2) is 0 Å². The van der Waals surface area contributed by atoms with Crippen LogP contribution in [0.15, 0.2) is 30.3 Å². The monoisotopic (exact) mass is 275 g/mol. The first-order valence-electron chi connectivity index (χ1n) is 7.41. The summed E-state index contributed by atoms with van der Waals surface area (Å²) in [4.78, 5) is 14.8. The fourth-order valence-corrected chi connectivity index (χ4v) is 2.57. The Morgan fingerprint density at radius 3 is 2.55 bits per heavy atom. The van der Waals surface area contributed by atoms with Crippen molar-refractivity contribution < 1.29 is 9.53 Å². The molecule has 20 heavy (non-hydrogen) atoms. The van der Waals surface area contributed by atoms with Crippen molar-refractivity contribution in [3.05, 3.63) is 35.9 Å². The molecule has 0 radical (unpaired) electrons. The molecule has 0 spiro atoms. The van der Waals surface area contributed by atoms with Gasteiger partial charge < -0.3 is 9.64 Å². The molecule has 1 aliphatic rings. The van der Waals surface area contributed by atoms with Gasteiger partial charge in [-0.3, -0.25) is 4.79 Å². The highest BCUT2D eigenvalue weighted by Crippen LogP contribution is 2.24. The van der Waals surface area contributed by atoms with Gasteiger partial charge >= 0.3 is 0 Å². The number of carbonyl (C=O) groups excluding carboxylic acids is 1. The van der Waals surface area contributed by atoms with Crippen LogP contribution in [0.3, 0.4) is 0 Å². The Morgan fingerprint density at radius 1 is 1.30 bits per heavy atom. The summed E-state index contributed by atoms with van der Waals surface area (Å²) in [6, 6.07) is 10.2. The molecule has 0 bridgehead atoms. The normalized spacial score (nSPS) is 19.6. The van der Waals surface area contributed by atoms with Gasteiger partial charge in [-0.05, 0) is 39.2 Å². The van der Waals surface area contributed by atoms with Gasteiger partial charge in [0, 0.05) is 18.7 Å². The molecule has 1 aliphatic heterocycles. The lowest BCUT2D eigenvalue weighted by Gasteiger charge is -2.39. The van der Waals surface area contributed by atoms with Gasteiger partial charge in [-0.25, -0.2) is 0 Å². The van der Waals surface area contributed by atoms with E-state index in [9.17, 15) is 4.79 Å². The Balaban J connectivity index is 2.13. The molecular formula is C17H25NO2. The third-order valence-corrected chi connectivity index (χ3v) is 3.77. The van der Waals surface area contributed by atoms with Crippen LogP contribution in [0.1, 0.15) is 39.2 Å². The highest BCUT2D eigenvalue weighted by Gasteiger charge is 2.32. The second-order valence-electron chi connectivity index (χ2n) is 6.49. The third kappa shape index (κ3) is 3.83. The summed E-state index contributed by atoms with van der Waals surface area (Å²) in [5.41, 5.74) is 0.997. The maximum Gasteiger partial charge on any atom is 0.228 e. The van der Waals surface area contributed by atoms with Gasteiger partial charge in [-0.1, -0.05) is 30.3 Å². The number of nitrogens with zero attached hydrogens (tertiary/aromatic N) is 1. The topological polar surface area (TPSA) is 29.5 Å². The Labute approximate surface area is 121 Å². The number of amides is 1. The number of benzene rings is 1. The van der Waals surface area contributed by atoms with Crippen LogP contribution in [0.4, 0.5) is 0 Å². The molecule has 110 valence electrons. The van der Waals surface area contributed by atoms with Gasteiger partial charge in [0.25, 0.3) is 0 Å². The van der Waals surface area contributed by atoms with Crippen molar-refractivity contribution in [1.29, 1.82) is 0 Å². The summed E-state index contributed by atoms with van der Waals surface area (Å²) in [6.45, 7) is 8.31. The Kier molecular flexibility index (Phi) is 4.81. The van der Waals surface area contributed by atoms with E-state index in [1.165, 1.54) is 5.56 Å². The smallest absolute Gasteiger partial charge is 0.228 e. The summed E-state index contributed by atoms with van der Waals surface area (Å²) in [7, 11) is 0. The largest absolute Gasteiger partial charge is 0.381 e. The first kappa shape index (κ1) is 15.0. The van der Waals surface area contributed by atoms with Crippen LogP contribution in [-0.2, 0) is 16.1 Å². The highest BCUT2D eigenvalue weighted by atomic mass is 16.5. The molecular weight excluding hydrogens is 250 g/mol. The summed E-state index contributed by atoms with van der Waals surface area (Å²) in [5, 5.41) is 0.